The highest BCUT2D eigenvalue weighted by Crippen LogP contribution is 2.17. The lowest BCUT2D eigenvalue weighted by atomic mass is 10.3. The van der Waals surface area contributed by atoms with E-state index in [2.05, 4.69) is 10.1 Å². The van der Waals surface area contributed by atoms with Crippen LogP contribution in [0.15, 0.2) is 69.2 Å². The zero-order valence-electron chi connectivity index (χ0n) is 16.8. The van der Waals surface area contributed by atoms with Crippen LogP contribution < -0.4 is 11.1 Å². The number of H-pyrrole nitrogens is 1. The molecule has 0 aliphatic carbocycles. The molecule has 0 fully saturated rings. The average Bonchev–Trinajstić information content (AvgIpc) is 3.14. The monoisotopic (exact) mass is 421 g/mol. The van der Waals surface area contributed by atoms with Crippen LogP contribution in [-0.4, -0.2) is 25.4 Å². The van der Waals surface area contributed by atoms with Gasteiger partial charge in [0.25, 0.3) is 11.1 Å². The minimum Gasteiger partial charge on any atom is -0.295 e. The summed E-state index contributed by atoms with van der Waals surface area (Å²) in [5.41, 5.74) is 2.94. The summed E-state index contributed by atoms with van der Waals surface area (Å²) in [4.78, 5) is 30.3. The number of aryl methyl sites for hydroxylation is 1. The van der Waals surface area contributed by atoms with Gasteiger partial charge in [-0.15, -0.1) is 0 Å². The summed E-state index contributed by atoms with van der Waals surface area (Å²) in [6.07, 6.45) is 1.44. The first-order valence-corrected chi connectivity index (χ1v) is 9.72. The molecule has 0 atom stereocenters. The highest BCUT2D eigenvalue weighted by atomic mass is 35.5. The quantitative estimate of drug-likeness (QED) is 0.510. The molecule has 0 saturated heterocycles. The van der Waals surface area contributed by atoms with Crippen LogP contribution in [0.4, 0.5) is 5.69 Å². The van der Waals surface area contributed by atoms with Gasteiger partial charge in [0.05, 0.1) is 22.6 Å². The van der Waals surface area contributed by atoms with Crippen molar-refractivity contribution in [2.24, 2.45) is 12.0 Å². The van der Waals surface area contributed by atoms with E-state index in [-0.39, 0.29) is 11.1 Å². The fourth-order valence-corrected chi connectivity index (χ4v) is 3.44. The van der Waals surface area contributed by atoms with Crippen molar-refractivity contribution in [3.05, 3.63) is 97.3 Å². The van der Waals surface area contributed by atoms with Gasteiger partial charge in [0.2, 0.25) is 0 Å². The van der Waals surface area contributed by atoms with E-state index in [1.54, 1.807) is 47.6 Å². The summed E-state index contributed by atoms with van der Waals surface area (Å²) in [5, 5.41) is 3.63. The molecule has 2 aromatic carbocycles. The molecule has 8 heteroatoms. The number of nitrogens with one attached hydrogen (secondary N) is 1. The van der Waals surface area contributed by atoms with Crippen molar-refractivity contribution in [2.45, 2.75) is 13.8 Å². The predicted molar refractivity (Wildman–Crippen MR) is 119 cm³/mol. The standard InChI is InChI=1S/C22H20ClN5O2/c1-14-19(21(29)27(25-14)17-11-9-16(23)10-12-17)13-24-20-15(2)26(3)28(22(20)30)18-7-5-4-6-8-18/h4-13,25H,1-3H3. The van der Waals surface area contributed by atoms with Crippen LogP contribution in [0.1, 0.15) is 17.0 Å². The molecule has 0 radical (unpaired) electrons. The van der Waals surface area contributed by atoms with Gasteiger partial charge in [-0.05, 0) is 50.2 Å². The van der Waals surface area contributed by atoms with Gasteiger partial charge in [-0.3, -0.25) is 19.4 Å². The van der Waals surface area contributed by atoms with Crippen LogP contribution >= 0.6 is 11.6 Å². The number of aromatic nitrogens is 4. The molecule has 0 amide bonds. The molecule has 1 N–H and O–H groups in total. The molecule has 30 heavy (non-hydrogen) atoms. The lowest BCUT2D eigenvalue weighted by molar-refractivity contribution is 0.630. The number of rotatable bonds is 4. The number of benzene rings is 2. The van der Waals surface area contributed by atoms with E-state index in [0.717, 1.165) is 5.69 Å². The normalized spacial score (nSPS) is 11.5. The summed E-state index contributed by atoms with van der Waals surface area (Å²) in [7, 11) is 1.80. The molecule has 0 aliphatic rings. The van der Waals surface area contributed by atoms with Crippen molar-refractivity contribution in [3.63, 3.8) is 0 Å². The molecular formula is C22H20ClN5O2. The van der Waals surface area contributed by atoms with Crippen LogP contribution in [0.25, 0.3) is 11.4 Å². The van der Waals surface area contributed by atoms with Crippen LogP contribution in [0.5, 0.6) is 0 Å². The first kappa shape index (κ1) is 19.7. The first-order valence-electron chi connectivity index (χ1n) is 9.34. The Morgan fingerprint density at radius 2 is 1.60 bits per heavy atom. The largest absolute Gasteiger partial charge is 0.297 e. The number of hydrogen-bond donors (Lipinski definition) is 1. The Balaban J connectivity index is 1.76. The molecule has 7 nitrogen and oxygen atoms in total. The summed E-state index contributed by atoms with van der Waals surface area (Å²) in [6, 6.07) is 16.3. The zero-order valence-corrected chi connectivity index (χ0v) is 17.5. The predicted octanol–water partition coefficient (Wildman–Crippen LogP) is 3.68. The van der Waals surface area contributed by atoms with Crippen molar-refractivity contribution in [1.29, 1.82) is 0 Å². The highest BCUT2D eigenvalue weighted by Gasteiger charge is 2.16. The van der Waals surface area contributed by atoms with Crippen LogP contribution in [0.2, 0.25) is 5.02 Å². The SMILES string of the molecule is Cc1[nH]n(-c2ccc(Cl)cc2)c(=O)c1C=Nc1c(C)n(C)n(-c2ccccc2)c1=O. The van der Waals surface area contributed by atoms with Crippen LogP contribution in [-0.2, 0) is 7.05 Å². The van der Waals surface area contributed by atoms with Gasteiger partial charge in [0.1, 0.15) is 0 Å². The fourth-order valence-electron chi connectivity index (χ4n) is 3.32. The maximum Gasteiger partial charge on any atom is 0.297 e. The third kappa shape index (κ3) is 3.33. The maximum absolute atomic E-state index is 13.0. The molecule has 0 spiro atoms. The lowest BCUT2D eigenvalue weighted by Gasteiger charge is -2.07. The van der Waals surface area contributed by atoms with E-state index < -0.39 is 0 Å². The van der Waals surface area contributed by atoms with Gasteiger partial charge in [0, 0.05) is 24.0 Å². The summed E-state index contributed by atoms with van der Waals surface area (Å²) >= 11 is 5.93. The van der Waals surface area contributed by atoms with E-state index in [0.29, 0.717) is 33.3 Å². The van der Waals surface area contributed by atoms with Gasteiger partial charge < -0.3 is 0 Å². The van der Waals surface area contributed by atoms with Gasteiger partial charge in [-0.2, -0.15) is 0 Å². The smallest absolute Gasteiger partial charge is 0.295 e. The molecule has 0 aliphatic heterocycles. The molecule has 2 heterocycles. The van der Waals surface area contributed by atoms with E-state index in [1.807, 2.05) is 37.3 Å². The number of nitrogens with zero attached hydrogens (tertiary/aromatic N) is 4. The number of aromatic amines is 1. The van der Waals surface area contributed by atoms with Crippen molar-refractivity contribution in [2.75, 3.05) is 0 Å². The Morgan fingerprint density at radius 3 is 2.27 bits per heavy atom. The summed E-state index contributed by atoms with van der Waals surface area (Å²) in [6.45, 7) is 3.61. The number of halogens is 1. The van der Waals surface area contributed by atoms with Crippen LogP contribution in [0, 0.1) is 13.8 Å². The topological polar surface area (TPSA) is 77.1 Å². The van der Waals surface area contributed by atoms with Gasteiger partial charge >= 0.3 is 0 Å². The van der Waals surface area contributed by atoms with Crippen molar-refractivity contribution < 1.29 is 0 Å². The van der Waals surface area contributed by atoms with E-state index in [1.165, 1.54) is 10.9 Å². The Morgan fingerprint density at radius 1 is 0.933 bits per heavy atom. The Labute approximate surface area is 177 Å². The number of para-hydroxylation sites is 1. The Bertz CT molecular complexity index is 1360. The Hall–Kier alpha value is -3.58. The Kier molecular flexibility index (Phi) is 5.05. The molecule has 4 rings (SSSR count). The van der Waals surface area contributed by atoms with E-state index in [4.69, 9.17) is 11.6 Å². The molecule has 152 valence electrons. The van der Waals surface area contributed by atoms with E-state index in [9.17, 15) is 9.59 Å². The van der Waals surface area contributed by atoms with Gasteiger partial charge in [-0.1, -0.05) is 29.8 Å². The molecule has 4 aromatic rings. The average molecular weight is 422 g/mol. The number of aliphatic imine (C=N–C) groups is 1. The molecule has 0 bridgehead atoms. The third-order valence-corrected chi connectivity index (χ3v) is 5.30. The number of hydrogen-bond acceptors (Lipinski definition) is 3. The summed E-state index contributed by atoms with van der Waals surface area (Å²) < 4.78 is 4.73. The third-order valence-electron chi connectivity index (χ3n) is 5.05. The second kappa shape index (κ2) is 7.68. The minimum atomic E-state index is -0.254. The lowest BCUT2D eigenvalue weighted by Crippen LogP contribution is -2.19. The highest BCUT2D eigenvalue weighted by molar-refractivity contribution is 6.30. The first-order chi connectivity index (χ1) is 14.4. The molecule has 2 aromatic heterocycles. The van der Waals surface area contributed by atoms with Gasteiger partial charge in [0.15, 0.2) is 5.69 Å². The van der Waals surface area contributed by atoms with Crippen molar-refractivity contribution in [3.8, 4) is 11.4 Å². The fraction of sp³-hybridized carbons (Fsp3) is 0.136. The van der Waals surface area contributed by atoms with Gasteiger partial charge in [-0.25, -0.2) is 14.4 Å². The van der Waals surface area contributed by atoms with Crippen molar-refractivity contribution >= 4 is 23.5 Å². The molecular weight excluding hydrogens is 402 g/mol. The molecule has 0 unspecified atom stereocenters. The van der Waals surface area contributed by atoms with E-state index >= 15 is 0 Å². The van der Waals surface area contributed by atoms with Crippen LogP contribution in [0.3, 0.4) is 0 Å². The molecule has 0 saturated carbocycles. The van der Waals surface area contributed by atoms with Crippen molar-refractivity contribution in [1.82, 2.24) is 19.1 Å². The summed E-state index contributed by atoms with van der Waals surface area (Å²) in [5.74, 6) is 0. The zero-order chi connectivity index (χ0) is 21.4. The maximum atomic E-state index is 13.0. The second-order valence-electron chi connectivity index (χ2n) is 6.94. The second-order valence-corrected chi connectivity index (χ2v) is 7.37. The minimum absolute atomic E-state index is 0.247.